The van der Waals surface area contributed by atoms with Crippen LogP contribution in [0.3, 0.4) is 0 Å². The summed E-state index contributed by atoms with van der Waals surface area (Å²) in [7, 11) is 0. The van der Waals surface area contributed by atoms with Gasteiger partial charge in [0.05, 0.1) is 0 Å². The molecule has 2 amide bonds. The smallest absolute Gasteiger partial charge is 0.247 e. The molecule has 2 rings (SSSR count). The minimum Gasteiger partial charge on any atom is -0.367 e. The van der Waals surface area contributed by atoms with Gasteiger partial charge in [-0.15, -0.1) is 0 Å². The fourth-order valence-electron chi connectivity index (χ4n) is 2.85. The van der Waals surface area contributed by atoms with E-state index in [9.17, 15) is 9.59 Å². The maximum atomic E-state index is 12.5. The number of rotatable bonds is 7. The van der Waals surface area contributed by atoms with Crippen molar-refractivity contribution in [2.75, 3.05) is 0 Å². The van der Waals surface area contributed by atoms with E-state index in [1.807, 2.05) is 36.4 Å². The van der Waals surface area contributed by atoms with Gasteiger partial charge < -0.3 is 11.1 Å². The molecule has 0 aliphatic rings. The quantitative estimate of drug-likeness (QED) is 0.813. The van der Waals surface area contributed by atoms with E-state index in [2.05, 4.69) is 31.3 Å². The van der Waals surface area contributed by atoms with E-state index in [4.69, 9.17) is 5.73 Å². The molecule has 132 valence electrons. The van der Waals surface area contributed by atoms with Gasteiger partial charge in [0, 0.05) is 6.42 Å². The summed E-state index contributed by atoms with van der Waals surface area (Å²) in [6.07, 6.45) is 0.990. The highest BCUT2D eigenvalue weighted by Crippen LogP contribution is 2.28. The summed E-state index contributed by atoms with van der Waals surface area (Å²) in [6, 6.07) is 19.2. The Balaban J connectivity index is 2.07. The van der Waals surface area contributed by atoms with Crippen LogP contribution in [0.1, 0.15) is 44.7 Å². The van der Waals surface area contributed by atoms with Gasteiger partial charge in [-0.3, -0.25) is 9.59 Å². The number of carbonyl (C=O) groups is 2. The zero-order valence-corrected chi connectivity index (χ0v) is 15.1. The second-order valence-corrected chi connectivity index (χ2v) is 7.15. The minimum atomic E-state index is -1.21. The lowest BCUT2D eigenvalue weighted by atomic mass is 9.80. The van der Waals surface area contributed by atoms with Gasteiger partial charge in [-0.25, -0.2) is 0 Å². The lowest BCUT2D eigenvalue weighted by Gasteiger charge is -2.29. The summed E-state index contributed by atoms with van der Waals surface area (Å²) in [4.78, 5) is 24.5. The van der Waals surface area contributed by atoms with Crippen LogP contribution in [-0.4, -0.2) is 11.8 Å². The number of primary amides is 1. The van der Waals surface area contributed by atoms with Crippen LogP contribution in [0.5, 0.6) is 0 Å². The molecule has 0 aliphatic carbocycles. The van der Waals surface area contributed by atoms with Crippen LogP contribution in [-0.2, 0) is 20.5 Å². The van der Waals surface area contributed by atoms with E-state index in [1.165, 1.54) is 5.56 Å². The third-order valence-corrected chi connectivity index (χ3v) is 4.77. The Morgan fingerprint density at radius 1 is 0.880 bits per heavy atom. The SMILES string of the molecule is CC(C)(CCC(=O)N[C@](C)(C(N)=O)c1ccccc1)c1ccccc1. The molecule has 1 atom stereocenters. The van der Waals surface area contributed by atoms with Gasteiger partial charge in [-0.1, -0.05) is 74.5 Å². The van der Waals surface area contributed by atoms with Crippen molar-refractivity contribution in [1.29, 1.82) is 0 Å². The van der Waals surface area contributed by atoms with E-state index in [0.717, 1.165) is 0 Å². The van der Waals surface area contributed by atoms with Crippen LogP contribution in [0.15, 0.2) is 60.7 Å². The Kier molecular flexibility index (Phi) is 5.62. The minimum absolute atomic E-state index is 0.130. The Morgan fingerprint density at radius 3 is 1.84 bits per heavy atom. The van der Waals surface area contributed by atoms with E-state index in [0.29, 0.717) is 18.4 Å². The van der Waals surface area contributed by atoms with Gasteiger partial charge in [0.1, 0.15) is 5.54 Å². The molecule has 2 aromatic rings. The normalized spacial score (nSPS) is 13.7. The Hall–Kier alpha value is -2.62. The van der Waals surface area contributed by atoms with Gasteiger partial charge in [0.25, 0.3) is 0 Å². The maximum Gasteiger partial charge on any atom is 0.247 e. The van der Waals surface area contributed by atoms with E-state index in [1.54, 1.807) is 19.1 Å². The zero-order valence-electron chi connectivity index (χ0n) is 15.1. The molecule has 0 aliphatic heterocycles. The highest BCUT2D eigenvalue weighted by molar-refractivity contribution is 5.91. The monoisotopic (exact) mass is 338 g/mol. The second-order valence-electron chi connectivity index (χ2n) is 7.15. The summed E-state index contributed by atoms with van der Waals surface area (Å²) in [5, 5.41) is 2.82. The average molecular weight is 338 g/mol. The predicted molar refractivity (Wildman–Crippen MR) is 99.8 cm³/mol. The number of hydrogen-bond acceptors (Lipinski definition) is 2. The number of amides is 2. The first-order valence-corrected chi connectivity index (χ1v) is 8.48. The number of carbonyl (C=O) groups excluding carboxylic acids is 2. The maximum absolute atomic E-state index is 12.5. The van der Waals surface area contributed by atoms with Gasteiger partial charge in [-0.05, 0) is 29.9 Å². The summed E-state index contributed by atoms with van der Waals surface area (Å²) in [5.41, 5.74) is 6.09. The van der Waals surface area contributed by atoms with Gasteiger partial charge in [0.15, 0.2) is 0 Å². The van der Waals surface area contributed by atoms with Gasteiger partial charge in [0.2, 0.25) is 11.8 Å². The van der Waals surface area contributed by atoms with Crippen molar-refractivity contribution in [3.05, 3.63) is 71.8 Å². The number of benzene rings is 2. The standard InChI is InChI=1S/C21H26N2O2/c1-20(2,16-10-6-4-7-11-16)15-14-18(24)23-21(3,19(22)25)17-12-8-5-9-13-17/h4-13H,14-15H2,1-3H3,(H2,22,25)(H,23,24)/t21-/m0/s1. The van der Waals surface area contributed by atoms with Crippen molar-refractivity contribution in [2.45, 2.75) is 44.6 Å². The number of nitrogens with one attached hydrogen (secondary N) is 1. The molecule has 2 aromatic carbocycles. The molecule has 0 saturated carbocycles. The first-order valence-electron chi connectivity index (χ1n) is 8.48. The molecule has 25 heavy (non-hydrogen) atoms. The van der Waals surface area contributed by atoms with Crippen LogP contribution >= 0.6 is 0 Å². The highest BCUT2D eigenvalue weighted by atomic mass is 16.2. The lowest BCUT2D eigenvalue weighted by Crippen LogP contribution is -2.52. The molecule has 0 spiro atoms. The number of hydrogen-bond donors (Lipinski definition) is 2. The lowest BCUT2D eigenvalue weighted by molar-refractivity contribution is -0.131. The summed E-state index contributed by atoms with van der Waals surface area (Å²) >= 11 is 0. The van der Waals surface area contributed by atoms with Crippen LogP contribution in [0.2, 0.25) is 0 Å². The molecule has 0 radical (unpaired) electrons. The summed E-state index contributed by atoms with van der Waals surface area (Å²) in [5.74, 6) is -0.761. The fourth-order valence-corrected chi connectivity index (χ4v) is 2.85. The van der Waals surface area contributed by atoms with Gasteiger partial charge >= 0.3 is 0 Å². The van der Waals surface area contributed by atoms with Crippen molar-refractivity contribution in [3.63, 3.8) is 0 Å². The Labute approximate surface area is 149 Å². The third kappa shape index (κ3) is 4.47. The summed E-state index contributed by atoms with van der Waals surface area (Å²) in [6.45, 7) is 5.87. The molecule has 0 fully saturated rings. The first kappa shape index (κ1) is 18.7. The molecule has 0 bridgehead atoms. The first-order chi connectivity index (χ1) is 11.8. The summed E-state index contributed by atoms with van der Waals surface area (Å²) < 4.78 is 0. The Bertz CT molecular complexity index is 726. The van der Waals surface area contributed by atoms with Crippen LogP contribution in [0.4, 0.5) is 0 Å². The molecule has 0 unspecified atom stereocenters. The van der Waals surface area contributed by atoms with Crippen LogP contribution < -0.4 is 11.1 Å². The number of nitrogens with two attached hydrogens (primary N) is 1. The molecule has 4 heteroatoms. The van der Waals surface area contributed by atoms with E-state index in [-0.39, 0.29) is 11.3 Å². The fraction of sp³-hybridized carbons (Fsp3) is 0.333. The van der Waals surface area contributed by atoms with E-state index < -0.39 is 11.4 Å². The third-order valence-electron chi connectivity index (χ3n) is 4.77. The highest BCUT2D eigenvalue weighted by Gasteiger charge is 2.35. The molecule has 0 aromatic heterocycles. The predicted octanol–water partition coefficient (Wildman–Crippen LogP) is 3.26. The largest absolute Gasteiger partial charge is 0.367 e. The van der Waals surface area contributed by atoms with Crippen molar-refractivity contribution in [3.8, 4) is 0 Å². The molecule has 4 nitrogen and oxygen atoms in total. The molecule has 0 saturated heterocycles. The molecule has 0 heterocycles. The molecular weight excluding hydrogens is 312 g/mol. The average Bonchev–Trinajstić information content (AvgIpc) is 2.61. The van der Waals surface area contributed by atoms with Crippen LogP contribution in [0.25, 0.3) is 0 Å². The van der Waals surface area contributed by atoms with Gasteiger partial charge in [-0.2, -0.15) is 0 Å². The Morgan fingerprint density at radius 2 is 1.36 bits per heavy atom. The molecule has 3 N–H and O–H groups in total. The van der Waals surface area contributed by atoms with Crippen molar-refractivity contribution >= 4 is 11.8 Å². The topological polar surface area (TPSA) is 72.2 Å². The van der Waals surface area contributed by atoms with Crippen molar-refractivity contribution in [1.82, 2.24) is 5.32 Å². The molecular formula is C21H26N2O2. The zero-order chi connectivity index (χ0) is 18.5. The van der Waals surface area contributed by atoms with Crippen molar-refractivity contribution in [2.24, 2.45) is 5.73 Å². The second kappa shape index (κ2) is 7.51. The van der Waals surface area contributed by atoms with E-state index >= 15 is 0 Å². The van der Waals surface area contributed by atoms with Crippen LogP contribution in [0, 0.1) is 0 Å². The van der Waals surface area contributed by atoms with Crippen molar-refractivity contribution < 1.29 is 9.59 Å².